The van der Waals surface area contributed by atoms with Crippen LogP contribution in [0.4, 0.5) is 0 Å². The Bertz CT molecular complexity index is 1070. The molecule has 2 aromatic rings. The van der Waals surface area contributed by atoms with Crippen LogP contribution in [0.3, 0.4) is 0 Å². The quantitative estimate of drug-likeness (QED) is 0.684. The van der Waals surface area contributed by atoms with Crippen LogP contribution in [0.25, 0.3) is 0 Å². The average molecular weight is 448 g/mol. The molecule has 1 aromatic heterocycles. The number of likely N-dealkylation sites (tertiary alicyclic amines) is 1. The number of carboxylic acid groups (broad SMARTS) is 1. The van der Waals surface area contributed by atoms with Gasteiger partial charge in [-0.3, -0.25) is 9.59 Å². The van der Waals surface area contributed by atoms with Crippen molar-refractivity contribution in [1.82, 2.24) is 4.90 Å². The van der Waals surface area contributed by atoms with Gasteiger partial charge in [0.05, 0.1) is 9.77 Å². The zero-order valence-corrected chi connectivity index (χ0v) is 18.0. The SMILES string of the molecule is CC#CCOc1ccc(S(=O)(=O)C2(C(=O)O)CCN(C(=O)c3cccs3)CC2)cc1. The first kappa shape index (κ1) is 21.9. The van der Waals surface area contributed by atoms with E-state index >= 15 is 0 Å². The van der Waals surface area contributed by atoms with E-state index < -0.39 is 20.6 Å². The second kappa shape index (κ2) is 8.90. The van der Waals surface area contributed by atoms with Crippen molar-refractivity contribution in [3.8, 4) is 17.6 Å². The van der Waals surface area contributed by atoms with Gasteiger partial charge in [-0.15, -0.1) is 17.3 Å². The fraction of sp³-hybridized carbons (Fsp3) is 0.333. The van der Waals surface area contributed by atoms with Crippen LogP contribution in [-0.2, 0) is 14.6 Å². The number of rotatable bonds is 6. The van der Waals surface area contributed by atoms with Gasteiger partial charge in [-0.05, 0) is 55.5 Å². The van der Waals surface area contributed by atoms with E-state index in [9.17, 15) is 23.1 Å². The molecule has 0 saturated carbocycles. The second-order valence-electron chi connectivity index (χ2n) is 6.76. The number of benzene rings is 1. The van der Waals surface area contributed by atoms with Crippen LogP contribution in [0, 0.1) is 11.8 Å². The van der Waals surface area contributed by atoms with Crippen molar-refractivity contribution >= 4 is 33.1 Å². The molecule has 0 atom stereocenters. The number of piperidine rings is 1. The van der Waals surface area contributed by atoms with E-state index in [-0.39, 0.29) is 43.3 Å². The Morgan fingerprint density at radius 3 is 2.40 bits per heavy atom. The third kappa shape index (κ3) is 4.06. The fourth-order valence-electron chi connectivity index (χ4n) is 3.36. The van der Waals surface area contributed by atoms with Crippen molar-refractivity contribution < 1.29 is 27.9 Å². The normalized spacial score (nSPS) is 15.7. The molecule has 1 aliphatic heterocycles. The van der Waals surface area contributed by atoms with Gasteiger partial charge in [0.1, 0.15) is 12.4 Å². The van der Waals surface area contributed by atoms with Gasteiger partial charge in [-0.25, -0.2) is 8.42 Å². The summed E-state index contributed by atoms with van der Waals surface area (Å²) in [6.07, 6.45) is -0.349. The number of carbonyl (C=O) groups is 2. The van der Waals surface area contributed by atoms with E-state index in [1.54, 1.807) is 24.4 Å². The molecule has 1 saturated heterocycles. The summed E-state index contributed by atoms with van der Waals surface area (Å²) in [4.78, 5) is 26.6. The van der Waals surface area contributed by atoms with Crippen molar-refractivity contribution in [1.29, 1.82) is 0 Å². The molecule has 0 aliphatic carbocycles. The Balaban J connectivity index is 1.80. The molecule has 1 amide bonds. The number of hydrogen-bond acceptors (Lipinski definition) is 6. The van der Waals surface area contributed by atoms with Crippen LogP contribution >= 0.6 is 11.3 Å². The van der Waals surface area contributed by atoms with Gasteiger partial charge in [0.15, 0.2) is 14.6 Å². The van der Waals surface area contributed by atoms with E-state index in [0.717, 1.165) is 0 Å². The molecule has 3 rings (SSSR count). The van der Waals surface area contributed by atoms with Gasteiger partial charge in [0, 0.05) is 13.1 Å². The van der Waals surface area contributed by atoms with Crippen LogP contribution in [0.15, 0.2) is 46.7 Å². The summed E-state index contributed by atoms with van der Waals surface area (Å²) in [6.45, 7) is 1.97. The first-order valence-electron chi connectivity index (χ1n) is 9.25. The number of hydrogen-bond donors (Lipinski definition) is 1. The summed E-state index contributed by atoms with van der Waals surface area (Å²) in [5.41, 5.74) is 0. The van der Waals surface area contributed by atoms with Crippen molar-refractivity contribution in [2.45, 2.75) is 29.4 Å². The summed E-state index contributed by atoms with van der Waals surface area (Å²) in [6, 6.07) is 9.11. The molecular weight excluding hydrogens is 426 g/mol. The number of thiophene rings is 1. The molecule has 158 valence electrons. The van der Waals surface area contributed by atoms with Crippen molar-refractivity contribution in [3.05, 3.63) is 46.7 Å². The van der Waals surface area contributed by atoms with Crippen LogP contribution in [0.1, 0.15) is 29.4 Å². The number of carbonyl (C=O) groups excluding carboxylic acids is 1. The minimum atomic E-state index is -4.19. The van der Waals surface area contributed by atoms with E-state index in [4.69, 9.17) is 4.74 Å². The smallest absolute Gasteiger partial charge is 0.325 e. The predicted molar refractivity (Wildman–Crippen MR) is 112 cm³/mol. The number of ether oxygens (including phenoxy) is 1. The summed E-state index contributed by atoms with van der Waals surface area (Å²) >= 11 is 1.30. The van der Waals surface area contributed by atoms with Crippen LogP contribution in [-0.4, -0.2) is 54.7 Å². The zero-order chi connectivity index (χ0) is 21.8. The Labute approximate surface area is 179 Å². The summed E-state index contributed by atoms with van der Waals surface area (Å²) < 4.78 is 30.0. The number of sulfone groups is 1. The maximum atomic E-state index is 13.3. The van der Waals surface area contributed by atoms with E-state index in [0.29, 0.717) is 10.6 Å². The summed E-state index contributed by atoms with van der Waals surface area (Å²) in [5, 5.41) is 11.7. The molecule has 1 aliphatic rings. The molecule has 0 bridgehead atoms. The topological polar surface area (TPSA) is 101 Å². The fourth-order valence-corrected chi connectivity index (χ4v) is 5.94. The summed E-state index contributed by atoms with van der Waals surface area (Å²) in [7, 11) is -4.19. The number of aliphatic carboxylic acids is 1. The molecular formula is C21H21NO6S2. The van der Waals surface area contributed by atoms with Gasteiger partial charge in [-0.1, -0.05) is 12.0 Å². The molecule has 9 heteroatoms. The van der Waals surface area contributed by atoms with Gasteiger partial charge in [0.25, 0.3) is 5.91 Å². The van der Waals surface area contributed by atoms with E-state index in [2.05, 4.69) is 11.8 Å². The molecule has 7 nitrogen and oxygen atoms in total. The zero-order valence-electron chi connectivity index (χ0n) is 16.3. The van der Waals surface area contributed by atoms with Gasteiger partial charge in [-0.2, -0.15) is 0 Å². The van der Waals surface area contributed by atoms with Crippen molar-refractivity contribution in [2.75, 3.05) is 19.7 Å². The molecule has 1 aromatic carbocycles. The van der Waals surface area contributed by atoms with Crippen LogP contribution < -0.4 is 4.74 Å². The largest absolute Gasteiger partial charge is 0.481 e. The Morgan fingerprint density at radius 1 is 1.20 bits per heavy atom. The lowest BCUT2D eigenvalue weighted by Crippen LogP contribution is -2.55. The van der Waals surface area contributed by atoms with Gasteiger partial charge < -0.3 is 14.7 Å². The van der Waals surface area contributed by atoms with Gasteiger partial charge >= 0.3 is 5.97 Å². The Hall–Kier alpha value is -2.83. The highest BCUT2D eigenvalue weighted by molar-refractivity contribution is 7.93. The monoisotopic (exact) mass is 447 g/mol. The number of amides is 1. The minimum Gasteiger partial charge on any atom is -0.481 e. The second-order valence-corrected chi connectivity index (χ2v) is 9.97. The number of nitrogens with zero attached hydrogens (tertiary/aromatic N) is 1. The highest BCUT2D eigenvalue weighted by Gasteiger charge is 2.53. The maximum Gasteiger partial charge on any atom is 0.325 e. The highest BCUT2D eigenvalue weighted by Crippen LogP contribution is 2.37. The highest BCUT2D eigenvalue weighted by atomic mass is 32.2. The average Bonchev–Trinajstić information content (AvgIpc) is 3.28. The lowest BCUT2D eigenvalue weighted by Gasteiger charge is -2.38. The number of carboxylic acids is 1. The molecule has 0 spiro atoms. The molecule has 30 heavy (non-hydrogen) atoms. The third-order valence-corrected chi connectivity index (χ3v) is 8.48. The molecule has 1 N–H and O–H groups in total. The molecule has 1 fully saturated rings. The molecule has 0 radical (unpaired) electrons. The first-order valence-corrected chi connectivity index (χ1v) is 11.6. The van der Waals surface area contributed by atoms with Crippen LogP contribution in [0.2, 0.25) is 0 Å². The Morgan fingerprint density at radius 2 is 1.87 bits per heavy atom. The lowest BCUT2D eigenvalue weighted by atomic mass is 9.95. The third-order valence-electron chi connectivity index (χ3n) is 5.12. The predicted octanol–water partition coefficient (Wildman–Crippen LogP) is 2.68. The Kier molecular flexibility index (Phi) is 6.48. The van der Waals surface area contributed by atoms with Crippen molar-refractivity contribution in [3.63, 3.8) is 0 Å². The summed E-state index contributed by atoms with van der Waals surface area (Å²) in [5.74, 6) is 4.26. The van der Waals surface area contributed by atoms with Crippen LogP contribution in [0.5, 0.6) is 5.75 Å². The minimum absolute atomic E-state index is 0.0547. The standard InChI is InChI=1S/C21H21NO6S2/c1-2-3-14-28-16-6-8-17(9-7-16)30(26,27)21(20(24)25)10-12-22(13-11-21)19(23)18-5-4-15-29-18/h4-9,15H,10-14H2,1H3,(H,24,25). The molecule has 2 heterocycles. The van der Waals surface area contributed by atoms with Gasteiger partial charge in [0.2, 0.25) is 0 Å². The van der Waals surface area contributed by atoms with E-state index in [1.165, 1.54) is 40.5 Å². The molecule has 0 unspecified atom stereocenters. The van der Waals surface area contributed by atoms with E-state index in [1.807, 2.05) is 0 Å². The first-order chi connectivity index (χ1) is 14.3. The lowest BCUT2D eigenvalue weighted by molar-refractivity contribution is -0.141. The van der Waals surface area contributed by atoms with Crippen molar-refractivity contribution in [2.24, 2.45) is 0 Å². The maximum absolute atomic E-state index is 13.3.